The molecule has 0 aromatic heterocycles. The first kappa shape index (κ1) is 27.6. The van der Waals surface area contributed by atoms with Crippen LogP contribution in [0.25, 0.3) is 0 Å². The largest absolute Gasteiger partial charge is 0.466 e. The van der Waals surface area contributed by atoms with Crippen molar-refractivity contribution < 1.29 is 19.1 Å². The number of amides is 1. The summed E-state index contributed by atoms with van der Waals surface area (Å²) in [5.74, 6) is 0.781. The van der Waals surface area contributed by atoms with E-state index in [0.29, 0.717) is 18.3 Å². The number of carbonyl (C=O) groups excluding carboxylic acids is 2. The van der Waals surface area contributed by atoms with Crippen LogP contribution in [0.1, 0.15) is 84.5 Å². The number of halogens is 3. The zero-order chi connectivity index (χ0) is 23.7. The van der Waals surface area contributed by atoms with E-state index in [9.17, 15) is 9.59 Å². The van der Waals surface area contributed by atoms with Gasteiger partial charge in [-0.15, -0.1) is 0 Å². The molecule has 1 heterocycles. The van der Waals surface area contributed by atoms with E-state index in [1.807, 2.05) is 4.90 Å². The summed E-state index contributed by atoms with van der Waals surface area (Å²) >= 11 is 17.9. The highest BCUT2D eigenvalue weighted by atomic mass is 35.6. The van der Waals surface area contributed by atoms with Crippen LogP contribution in [0.4, 0.5) is 4.79 Å². The van der Waals surface area contributed by atoms with Gasteiger partial charge in [0.05, 0.1) is 7.11 Å². The second kappa shape index (κ2) is 13.3. The van der Waals surface area contributed by atoms with Gasteiger partial charge in [0.2, 0.25) is 3.79 Å². The Morgan fingerprint density at radius 3 is 2.53 bits per heavy atom. The summed E-state index contributed by atoms with van der Waals surface area (Å²) in [6, 6.07) is 0.205. The van der Waals surface area contributed by atoms with Gasteiger partial charge in [0, 0.05) is 18.2 Å². The first-order valence-electron chi connectivity index (χ1n) is 12.0. The van der Waals surface area contributed by atoms with Crippen molar-refractivity contribution in [2.45, 2.75) is 106 Å². The van der Waals surface area contributed by atoms with Crippen molar-refractivity contribution >= 4 is 46.9 Å². The molecule has 0 radical (unpaired) electrons. The number of unbranched alkanes of at least 4 members (excludes halogenated alkanes) is 2. The molecule has 5 nitrogen and oxygen atoms in total. The second-order valence-corrected chi connectivity index (χ2v) is 11.5. The molecule has 5 unspecified atom stereocenters. The number of likely N-dealkylation sites (tertiary alicyclic amines) is 1. The number of ether oxygens (including phenoxy) is 2. The maximum absolute atomic E-state index is 13.3. The van der Waals surface area contributed by atoms with E-state index in [1.54, 1.807) is 13.0 Å². The molecule has 32 heavy (non-hydrogen) atoms. The van der Waals surface area contributed by atoms with Gasteiger partial charge < -0.3 is 14.4 Å². The summed E-state index contributed by atoms with van der Waals surface area (Å²) in [7, 11) is 1.36. The fraction of sp³-hybridized carbons (Fsp3) is 0.833. The first-order chi connectivity index (χ1) is 15.2. The summed E-state index contributed by atoms with van der Waals surface area (Å²) in [6.07, 6.45) is 13.8. The summed E-state index contributed by atoms with van der Waals surface area (Å²) in [6.45, 7) is 3.84. The topological polar surface area (TPSA) is 55.8 Å². The van der Waals surface area contributed by atoms with Crippen LogP contribution in [0, 0.1) is 11.8 Å². The number of rotatable bonds is 9. The van der Waals surface area contributed by atoms with Gasteiger partial charge in [-0.2, -0.15) is 0 Å². The third-order valence-corrected chi connectivity index (χ3v) is 7.93. The van der Waals surface area contributed by atoms with Crippen molar-refractivity contribution in [3.63, 3.8) is 0 Å². The van der Waals surface area contributed by atoms with Gasteiger partial charge in [-0.05, 0) is 50.9 Å². The van der Waals surface area contributed by atoms with Crippen molar-refractivity contribution in [2.24, 2.45) is 11.8 Å². The lowest BCUT2D eigenvalue weighted by Gasteiger charge is -2.51. The van der Waals surface area contributed by atoms with E-state index >= 15 is 0 Å². The molecule has 1 saturated heterocycles. The summed E-state index contributed by atoms with van der Waals surface area (Å²) in [5, 5.41) is 0. The first-order valence-corrected chi connectivity index (χ1v) is 13.1. The number of carbonyl (C=O) groups is 2. The number of allylic oxidation sites excluding steroid dienone is 1. The molecule has 1 saturated carbocycles. The lowest BCUT2D eigenvalue weighted by molar-refractivity contribution is -0.134. The smallest absolute Gasteiger partial charge is 0.410 e. The second-order valence-electron chi connectivity index (χ2n) is 9.13. The molecule has 184 valence electrons. The van der Waals surface area contributed by atoms with E-state index in [2.05, 4.69) is 11.7 Å². The fourth-order valence-electron chi connectivity index (χ4n) is 5.30. The molecule has 0 spiro atoms. The van der Waals surface area contributed by atoms with Gasteiger partial charge in [-0.3, -0.25) is 0 Å². The minimum Gasteiger partial charge on any atom is -0.466 e. The Hall–Kier alpha value is -0.650. The van der Waals surface area contributed by atoms with Crippen LogP contribution in [0.15, 0.2) is 12.2 Å². The van der Waals surface area contributed by atoms with E-state index in [1.165, 1.54) is 45.3 Å². The monoisotopic (exact) mass is 509 g/mol. The third kappa shape index (κ3) is 7.99. The molecule has 2 aliphatic rings. The molecular weight excluding hydrogens is 473 g/mol. The quantitative estimate of drug-likeness (QED) is 0.142. The third-order valence-electron chi connectivity index (χ3n) is 7.01. The number of hydrogen-bond donors (Lipinski definition) is 0. The van der Waals surface area contributed by atoms with Crippen molar-refractivity contribution in [1.82, 2.24) is 4.90 Å². The molecule has 1 amide bonds. The number of alkyl halides is 3. The number of esters is 1. The number of fused-ring (bicyclic) bond motifs is 1. The summed E-state index contributed by atoms with van der Waals surface area (Å²) < 4.78 is 8.61. The minimum absolute atomic E-state index is 0.0445. The molecule has 5 atom stereocenters. The van der Waals surface area contributed by atoms with Crippen molar-refractivity contribution in [1.29, 1.82) is 0 Å². The maximum atomic E-state index is 13.3. The van der Waals surface area contributed by atoms with Crippen LogP contribution in [0.5, 0.6) is 0 Å². The Kier molecular flexibility index (Phi) is 11.5. The zero-order valence-electron chi connectivity index (χ0n) is 19.5. The molecule has 8 heteroatoms. The number of methoxy groups -OCH3 is 1. The Bertz CT molecular complexity index is 637. The Morgan fingerprint density at radius 2 is 1.88 bits per heavy atom. The van der Waals surface area contributed by atoms with Crippen LogP contribution in [-0.2, 0) is 14.3 Å². The van der Waals surface area contributed by atoms with Gasteiger partial charge in [0.15, 0.2) is 0 Å². The molecule has 0 aromatic rings. The molecular formula is C24H38Cl3NO4. The highest BCUT2D eigenvalue weighted by Crippen LogP contribution is 2.44. The average molecular weight is 511 g/mol. The number of hydrogen-bond acceptors (Lipinski definition) is 4. The molecule has 0 bridgehead atoms. The van der Waals surface area contributed by atoms with E-state index in [-0.39, 0.29) is 18.1 Å². The van der Waals surface area contributed by atoms with E-state index in [0.717, 1.165) is 32.1 Å². The maximum Gasteiger partial charge on any atom is 0.410 e. The predicted molar refractivity (Wildman–Crippen MR) is 130 cm³/mol. The van der Waals surface area contributed by atoms with Crippen molar-refractivity contribution in [3.05, 3.63) is 12.2 Å². The molecule has 0 aromatic carbocycles. The van der Waals surface area contributed by atoms with E-state index in [4.69, 9.17) is 39.5 Å². The zero-order valence-corrected chi connectivity index (χ0v) is 21.8. The molecule has 1 aliphatic carbocycles. The SMILES string of the molecule is CCCCCC1CCCC2C1CCC(CCC=CC(=O)OC)N2C(=O)OC(C)C(Cl)(Cl)Cl. The van der Waals surface area contributed by atoms with Gasteiger partial charge in [-0.25, -0.2) is 9.59 Å². The Labute approximate surface area is 208 Å². The van der Waals surface area contributed by atoms with Gasteiger partial charge in [0.25, 0.3) is 0 Å². The van der Waals surface area contributed by atoms with E-state index < -0.39 is 16.0 Å². The summed E-state index contributed by atoms with van der Waals surface area (Å²) in [4.78, 5) is 26.6. The average Bonchev–Trinajstić information content (AvgIpc) is 2.75. The molecule has 1 aliphatic heterocycles. The summed E-state index contributed by atoms with van der Waals surface area (Å²) in [5.41, 5.74) is 0. The van der Waals surface area contributed by atoms with Crippen LogP contribution < -0.4 is 0 Å². The predicted octanol–water partition coefficient (Wildman–Crippen LogP) is 7.22. The number of piperidine rings is 1. The normalized spacial score (nSPS) is 27.1. The molecule has 2 fully saturated rings. The molecule has 2 rings (SSSR count). The van der Waals surface area contributed by atoms with Gasteiger partial charge >= 0.3 is 12.1 Å². The van der Waals surface area contributed by atoms with Gasteiger partial charge in [0.1, 0.15) is 6.10 Å². The Morgan fingerprint density at radius 1 is 1.12 bits per heavy atom. The van der Waals surface area contributed by atoms with Crippen molar-refractivity contribution in [3.8, 4) is 0 Å². The highest BCUT2D eigenvalue weighted by molar-refractivity contribution is 6.68. The van der Waals surface area contributed by atoms with Crippen LogP contribution >= 0.6 is 34.8 Å². The number of nitrogens with zero attached hydrogens (tertiary/aromatic N) is 1. The standard InChI is InChI=1S/C24H38Cl3NO4/c1-4-5-6-10-18-11-9-13-21-20(18)16-15-19(12-7-8-14-22(29)31-3)28(21)23(30)32-17(2)24(25,26)27/h8,14,17-21H,4-7,9-13,15-16H2,1-3H3. The van der Waals surface area contributed by atoms with Crippen LogP contribution in [0.2, 0.25) is 0 Å². The van der Waals surface area contributed by atoms with Gasteiger partial charge in [-0.1, -0.05) is 86.3 Å². The molecule has 0 N–H and O–H groups in total. The lowest BCUT2D eigenvalue weighted by Crippen LogP contribution is -2.57. The minimum atomic E-state index is -1.67. The van der Waals surface area contributed by atoms with Crippen molar-refractivity contribution in [2.75, 3.05) is 7.11 Å². The Balaban J connectivity index is 2.14. The fourth-order valence-corrected chi connectivity index (χ4v) is 5.43. The lowest BCUT2D eigenvalue weighted by atomic mass is 9.68. The van der Waals surface area contributed by atoms with Crippen LogP contribution in [-0.4, -0.2) is 46.1 Å². The highest BCUT2D eigenvalue weighted by Gasteiger charge is 2.46. The van der Waals surface area contributed by atoms with Crippen LogP contribution in [0.3, 0.4) is 0 Å².